The Labute approximate surface area is 111 Å². The molecule has 2 aromatic rings. The average Bonchev–Trinajstić information content (AvgIpc) is 2.59. The van der Waals surface area contributed by atoms with E-state index in [0.717, 1.165) is 37.4 Å². The summed E-state index contributed by atoms with van der Waals surface area (Å²) >= 11 is 6.00. The maximum Gasteiger partial charge on any atom is 0.124 e. The van der Waals surface area contributed by atoms with Gasteiger partial charge in [0.05, 0.1) is 17.0 Å². The summed E-state index contributed by atoms with van der Waals surface area (Å²) in [5.74, 6) is 0.952. The predicted octanol–water partition coefficient (Wildman–Crippen LogP) is 4.03. The van der Waals surface area contributed by atoms with Gasteiger partial charge in [0, 0.05) is 5.56 Å². The fourth-order valence-electron chi connectivity index (χ4n) is 1.91. The molecule has 0 aliphatic carbocycles. The molecular weight excluding hydrogens is 250 g/mol. The van der Waals surface area contributed by atoms with Crippen LogP contribution in [0.15, 0.2) is 16.3 Å². The van der Waals surface area contributed by atoms with Gasteiger partial charge in [-0.05, 0) is 44.0 Å². The van der Waals surface area contributed by atoms with Crippen LogP contribution in [0.1, 0.15) is 16.8 Å². The number of hydrogen-bond donors (Lipinski definition) is 1. The number of rotatable bonds is 2. The van der Waals surface area contributed by atoms with Crippen LogP contribution in [0, 0.1) is 20.8 Å². The minimum Gasteiger partial charge on any atom is -0.496 e. The lowest BCUT2D eigenvalue weighted by Crippen LogP contribution is -1.92. The molecule has 0 N–H and O–H groups in total. The monoisotopic (exact) mass is 265 g/mol. The summed E-state index contributed by atoms with van der Waals surface area (Å²) in [6.07, 6.45) is 0. The van der Waals surface area contributed by atoms with E-state index in [-0.39, 0.29) is 0 Å². The van der Waals surface area contributed by atoms with Crippen molar-refractivity contribution in [2.45, 2.75) is 25.0 Å². The second-order valence-electron chi connectivity index (χ2n) is 4.05. The molecule has 1 heterocycles. The molecule has 0 aliphatic rings. The number of thiazole rings is 1. The Morgan fingerprint density at radius 3 is 2.18 bits per heavy atom. The van der Waals surface area contributed by atoms with Crippen LogP contribution in [0.3, 0.4) is 0 Å². The zero-order valence-electron chi connectivity index (χ0n) is 10.4. The van der Waals surface area contributed by atoms with E-state index >= 15 is 0 Å². The number of thiol groups is 1. The second kappa shape index (κ2) is 4.70. The first-order valence-electron chi connectivity index (χ1n) is 5.35. The van der Waals surface area contributed by atoms with E-state index in [2.05, 4.69) is 43.6 Å². The minimum atomic E-state index is 0.952. The third-order valence-electron chi connectivity index (χ3n) is 2.68. The molecule has 90 valence electrons. The van der Waals surface area contributed by atoms with Crippen molar-refractivity contribution in [1.82, 2.24) is 4.98 Å². The summed E-state index contributed by atoms with van der Waals surface area (Å²) in [5, 5.41) is 1.02. The van der Waals surface area contributed by atoms with E-state index in [1.165, 1.54) is 0 Å². The molecule has 0 aliphatic heterocycles. The Morgan fingerprint density at radius 1 is 1.18 bits per heavy atom. The van der Waals surface area contributed by atoms with Crippen molar-refractivity contribution in [3.8, 4) is 16.3 Å². The Balaban J connectivity index is 2.54. The van der Waals surface area contributed by atoms with E-state index in [9.17, 15) is 0 Å². The van der Waals surface area contributed by atoms with E-state index in [1.807, 2.05) is 6.92 Å². The fourth-order valence-corrected chi connectivity index (χ4v) is 3.01. The Hall–Kier alpha value is -1.00. The molecule has 0 saturated heterocycles. The molecule has 0 radical (unpaired) electrons. The molecule has 17 heavy (non-hydrogen) atoms. The molecule has 4 heteroatoms. The summed E-state index contributed by atoms with van der Waals surface area (Å²) in [4.78, 5) is 4.52. The third-order valence-corrected chi connectivity index (χ3v) is 4.29. The van der Waals surface area contributed by atoms with Gasteiger partial charge < -0.3 is 4.74 Å². The fraction of sp³-hybridized carbons (Fsp3) is 0.308. The van der Waals surface area contributed by atoms with Gasteiger partial charge in [0.15, 0.2) is 0 Å². The van der Waals surface area contributed by atoms with Crippen LogP contribution in [0.2, 0.25) is 0 Å². The zero-order valence-corrected chi connectivity index (χ0v) is 12.1. The minimum absolute atomic E-state index is 0.952. The number of benzene rings is 1. The molecular formula is C13H15NOS2. The van der Waals surface area contributed by atoms with Crippen molar-refractivity contribution >= 4 is 24.0 Å². The van der Waals surface area contributed by atoms with Crippen LogP contribution >= 0.6 is 24.0 Å². The number of ether oxygens (including phenoxy) is 1. The van der Waals surface area contributed by atoms with Crippen molar-refractivity contribution in [2.24, 2.45) is 0 Å². The Kier molecular flexibility index (Phi) is 3.45. The highest BCUT2D eigenvalue weighted by Crippen LogP contribution is 2.34. The maximum absolute atomic E-state index is 5.36. The van der Waals surface area contributed by atoms with Gasteiger partial charge in [0.25, 0.3) is 0 Å². The average molecular weight is 265 g/mol. The molecule has 0 spiro atoms. The van der Waals surface area contributed by atoms with Crippen LogP contribution in [-0.4, -0.2) is 12.1 Å². The summed E-state index contributed by atoms with van der Waals surface area (Å²) in [6.45, 7) is 6.08. The van der Waals surface area contributed by atoms with Crippen molar-refractivity contribution in [3.63, 3.8) is 0 Å². The first kappa shape index (κ1) is 12.5. The smallest absolute Gasteiger partial charge is 0.124 e. The van der Waals surface area contributed by atoms with Gasteiger partial charge in [-0.1, -0.05) is 0 Å². The van der Waals surface area contributed by atoms with Crippen molar-refractivity contribution in [2.75, 3.05) is 7.11 Å². The molecule has 2 nitrogen and oxygen atoms in total. The number of aryl methyl sites for hydroxylation is 3. The topological polar surface area (TPSA) is 22.1 Å². The SMILES string of the molecule is COc1c(C)cc(-c2nc(C)c(S)s2)cc1C. The van der Waals surface area contributed by atoms with Crippen LogP contribution < -0.4 is 4.74 Å². The number of aromatic nitrogens is 1. The molecule has 0 saturated carbocycles. The molecule has 0 atom stereocenters. The number of hydrogen-bond acceptors (Lipinski definition) is 4. The van der Waals surface area contributed by atoms with Crippen LogP contribution in [0.25, 0.3) is 10.6 Å². The molecule has 1 aromatic carbocycles. The lowest BCUT2D eigenvalue weighted by atomic mass is 10.1. The largest absolute Gasteiger partial charge is 0.496 e. The van der Waals surface area contributed by atoms with E-state index in [0.29, 0.717) is 0 Å². The summed E-state index contributed by atoms with van der Waals surface area (Å²) in [5.41, 5.74) is 4.39. The van der Waals surface area contributed by atoms with Gasteiger partial charge in [0.2, 0.25) is 0 Å². The molecule has 1 aromatic heterocycles. The highest BCUT2D eigenvalue weighted by atomic mass is 32.2. The molecule has 2 rings (SSSR count). The van der Waals surface area contributed by atoms with Gasteiger partial charge in [-0.25, -0.2) is 4.98 Å². The van der Waals surface area contributed by atoms with Gasteiger partial charge in [-0.15, -0.1) is 24.0 Å². The standard InChI is InChI=1S/C13H15NOS2/c1-7-5-10(6-8(2)11(7)15-4)12-14-9(3)13(16)17-12/h5-6,16H,1-4H3. The second-order valence-corrected chi connectivity index (χ2v) is 5.80. The van der Waals surface area contributed by atoms with Gasteiger partial charge in [-0.3, -0.25) is 0 Å². The lowest BCUT2D eigenvalue weighted by molar-refractivity contribution is 0.408. The quantitative estimate of drug-likeness (QED) is 0.828. The lowest BCUT2D eigenvalue weighted by Gasteiger charge is -2.09. The van der Waals surface area contributed by atoms with Crippen LogP contribution in [0.4, 0.5) is 0 Å². The van der Waals surface area contributed by atoms with Crippen molar-refractivity contribution in [1.29, 1.82) is 0 Å². The molecule has 0 unspecified atom stereocenters. The normalized spacial score (nSPS) is 10.6. The van der Waals surface area contributed by atoms with Crippen LogP contribution in [0.5, 0.6) is 5.75 Å². The predicted molar refractivity (Wildman–Crippen MR) is 75.6 cm³/mol. The first-order valence-corrected chi connectivity index (χ1v) is 6.61. The summed E-state index contributed by atoms with van der Waals surface area (Å²) in [7, 11) is 1.70. The highest BCUT2D eigenvalue weighted by molar-refractivity contribution is 7.83. The summed E-state index contributed by atoms with van der Waals surface area (Å²) in [6, 6.07) is 4.22. The third kappa shape index (κ3) is 2.33. The number of nitrogens with zero attached hydrogens (tertiary/aromatic N) is 1. The van der Waals surface area contributed by atoms with E-state index < -0.39 is 0 Å². The summed E-state index contributed by atoms with van der Waals surface area (Å²) < 4.78 is 6.34. The van der Waals surface area contributed by atoms with Crippen molar-refractivity contribution < 1.29 is 4.74 Å². The molecule has 0 bridgehead atoms. The number of methoxy groups -OCH3 is 1. The first-order chi connectivity index (χ1) is 8.02. The Morgan fingerprint density at radius 2 is 1.76 bits per heavy atom. The van der Waals surface area contributed by atoms with Gasteiger partial charge in [-0.2, -0.15) is 0 Å². The Bertz CT molecular complexity index is 518. The molecule has 0 amide bonds. The van der Waals surface area contributed by atoms with Crippen LogP contribution in [-0.2, 0) is 0 Å². The van der Waals surface area contributed by atoms with E-state index in [1.54, 1.807) is 18.4 Å². The zero-order chi connectivity index (χ0) is 12.6. The van der Waals surface area contributed by atoms with Crippen molar-refractivity contribution in [3.05, 3.63) is 29.0 Å². The van der Waals surface area contributed by atoms with Gasteiger partial charge >= 0.3 is 0 Å². The maximum atomic E-state index is 5.36. The highest BCUT2D eigenvalue weighted by Gasteiger charge is 2.10. The van der Waals surface area contributed by atoms with Gasteiger partial charge in [0.1, 0.15) is 10.8 Å². The molecule has 0 fully saturated rings. The van der Waals surface area contributed by atoms with E-state index in [4.69, 9.17) is 4.74 Å².